The zero-order chi connectivity index (χ0) is 14.7. The quantitative estimate of drug-likeness (QED) is 0.888. The predicted molar refractivity (Wildman–Crippen MR) is 79.2 cm³/mol. The lowest BCUT2D eigenvalue weighted by Crippen LogP contribution is -2.50. The van der Waals surface area contributed by atoms with Gasteiger partial charge >= 0.3 is 0 Å². The molecule has 114 valence electrons. The van der Waals surface area contributed by atoms with E-state index in [9.17, 15) is 4.79 Å². The van der Waals surface area contributed by atoms with Crippen LogP contribution in [0.2, 0.25) is 0 Å². The van der Waals surface area contributed by atoms with Crippen LogP contribution in [0.1, 0.15) is 31.7 Å². The zero-order valence-electron chi connectivity index (χ0n) is 12.4. The normalized spacial score (nSPS) is 23.9. The van der Waals surface area contributed by atoms with E-state index in [4.69, 9.17) is 9.47 Å². The van der Waals surface area contributed by atoms with Crippen molar-refractivity contribution in [2.24, 2.45) is 5.41 Å². The van der Waals surface area contributed by atoms with Crippen molar-refractivity contribution in [3.8, 4) is 11.5 Å². The summed E-state index contributed by atoms with van der Waals surface area (Å²) in [5.74, 6) is 1.67. The van der Waals surface area contributed by atoms with Crippen LogP contribution in [0.5, 0.6) is 11.5 Å². The number of carbonyl (C=O) groups excluding carboxylic acids is 1. The minimum absolute atomic E-state index is 0.148. The van der Waals surface area contributed by atoms with Crippen molar-refractivity contribution < 1.29 is 14.3 Å². The predicted octanol–water partition coefficient (Wildman–Crippen LogP) is 1.81. The third-order valence-electron chi connectivity index (χ3n) is 4.52. The Labute approximate surface area is 125 Å². The van der Waals surface area contributed by atoms with Gasteiger partial charge in [0.2, 0.25) is 12.7 Å². The van der Waals surface area contributed by atoms with Gasteiger partial charge in [-0.05, 0) is 43.5 Å². The highest BCUT2D eigenvalue weighted by Gasteiger charge is 2.37. The molecule has 2 aliphatic heterocycles. The Morgan fingerprint density at radius 2 is 2.24 bits per heavy atom. The van der Waals surface area contributed by atoms with Crippen molar-refractivity contribution in [3.05, 3.63) is 23.8 Å². The van der Waals surface area contributed by atoms with Gasteiger partial charge in [-0.15, -0.1) is 0 Å². The molecule has 1 aromatic carbocycles. The van der Waals surface area contributed by atoms with E-state index < -0.39 is 0 Å². The maximum atomic E-state index is 12.6. The Morgan fingerprint density at radius 3 is 3.00 bits per heavy atom. The third kappa shape index (κ3) is 2.83. The van der Waals surface area contributed by atoms with E-state index in [1.165, 1.54) is 0 Å². The molecular weight excluding hydrogens is 268 g/mol. The molecule has 1 amide bonds. The topological polar surface area (TPSA) is 59.6 Å². The number of ether oxygens (including phenoxy) is 2. The van der Waals surface area contributed by atoms with Crippen LogP contribution < -0.4 is 20.1 Å². The van der Waals surface area contributed by atoms with E-state index in [0.29, 0.717) is 6.54 Å². The number of piperidine rings is 1. The number of rotatable bonds is 4. The van der Waals surface area contributed by atoms with Crippen molar-refractivity contribution in [1.82, 2.24) is 10.6 Å². The number of carbonyl (C=O) groups is 1. The monoisotopic (exact) mass is 290 g/mol. The number of hydrogen-bond donors (Lipinski definition) is 2. The SMILES string of the molecule is CCC1(C(=O)NCc2ccc3c(c2)OCO3)CCCNC1. The zero-order valence-corrected chi connectivity index (χ0v) is 12.4. The lowest BCUT2D eigenvalue weighted by Gasteiger charge is -2.35. The van der Waals surface area contributed by atoms with Crippen LogP contribution in [-0.4, -0.2) is 25.8 Å². The molecule has 0 bridgehead atoms. The molecule has 2 heterocycles. The highest BCUT2D eigenvalue weighted by atomic mass is 16.7. The van der Waals surface area contributed by atoms with Crippen molar-refractivity contribution in [2.75, 3.05) is 19.9 Å². The summed E-state index contributed by atoms with van der Waals surface area (Å²) in [6.07, 6.45) is 2.89. The molecule has 0 radical (unpaired) electrons. The smallest absolute Gasteiger partial charge is 0.231 e. The summed E-state index contributed by atoms with van der Waals surface area (Å²) >= 11 is 0. The van der Waals surface area contributed by atoms with Gasteiger partial charge in [0.15, 0.2) is 11.5 Å². The van der Waals surface area contributed by atoms with E-state index in [0.717, 1.165) is 49.4 Å². The maximum Gasteiger partial charge on any atom is 0.231 e. The maximum absolute atomic E-state index is 12.6. The summed E-state index contributed by atoms with van der Waals surface area (Å²) in [5, 5.41) is 6.42. The first-order valence-corrected chi connectivity index (χ1v) is 7.61. The standard InChI is InChI=1S/C16H22N2O3/c1-2-16(6-3-7-17-10-16)15(19)18-9-12-4-5-13-14(8-12)21-11-20-13/h4-5,8,17H,2-3,6-7,9-11H2,1H3,(H,18,19). The highest BCUT2D eigenvalue weighted by molar-refractivity contribution is 5.83. The largest absolute Gasteiger partial charge is 0.454 e. The van der Waals surface area contributed by atoms with Crippen molar-refractivity contribution >= 4 is 5.91 Å². The summed E-state index contributed by atoms with van der Waals surface area (Å²) in [7, 11) is 0. The van der Waals surface area contributed by atoms with E-state index in [2.05, 4.69) is 17.6 Å². The molecule has 0 aromatic heterocycles. The molecule has 5 nitrogen and oxygen atoms in total. The summed E-state index contributed by atoms with van der Waals surface area (Å²) in [4.78, 5) is 12.6. The summed E-state index contributed by atoms with van der Waals surface area (Å²) in [5.41, 5.74) is 0.775. The van der Waals surface area contributed by atoms with Gasteiger partial charge in [-0.3, -0.25) is 4.79 Å². The molecule has 0 spiro atoms. The second kappa shape index (κ2) is 5.93. The summed E-state index contributed by atoms with van der Waals surface area (Å²) in [6, 6.07) is 5.79. The number of nitrogens with one attached hydrogen (secondary N) is 2. The molecule has 21 heavy (non-hydrogen) atoms. The fourth-order valence-corrected chi connectivity index (χ4v) is 3.04. The van der Waals surface area contributed by atoms with Crippen LogP contribution in [-0.2, 0) is 11.3 Å². The molecule has 1 unspecified atom stereocenters. The fraction of sp³-hybridized carbons (Fsp3) is 0.562. The van der Waals surface area contributed by atoms with Crippen LogP contribution in [0.15, 0.2) is 18.2 Å². The van der Waals surface area contributed by atoms with Crippen molar-refractivity contribution in [2.45, 2.75) is 32.7 Å². The van der Waals surface area contributed by atoms with Crippen LogP contribution in [0.4, 0.5) is 0 Å². The van der Waals surface area contributed by atoms with Crippen LogP contribution in [0, 0.1) is 5.41 Å². The number of fused-ring (bicyclic) bond motifs is 1. The van der Waals surface area contributed by atoms with E-state index in [1.54, 1.807) is 0 Å². The summed E-state index contributed by atoms with van der Waals surface area (Å²) < 4.78 is 10.6. The number of hydrogen-bond acceptors (Lipinski definition) is 4. The van der Waals surface area contributed by atoms with Crippen LogP contribution in [0.25, 0.3) is 0 Å². The van der Waals surface area contributed by atoms with E-state index in [1.807, 2.05) is 18.2 Å². The van der Waals surface area contributed by atoms with Crippen molar-refractivity contribution in [1.29, 1.82) is 0 Å². The van der Waals surface area contributed by atoms with Gasteiger partial charge in [0.1, 0.15) is 0 Å². The molecule has 1 atom stereocenters. The van der Waals surface area contributed by atoms with Gasteiger partial charge in [-0.2, -0.15) is 0 Å². The molecule has 1 saturated heterocycles. The van der Waals surface area contributed by atoms with E-state index in [-0.39, 0.29) is 18.1 Å². The van der Waals surface area contributed by atoms with Gasteiger partial charge in [-0.25, -0.2) is 0 Å². The minimum atomic E-state index is -0.255. The number of benzene rings is 1. The second-order valence-electron chi connectivity index (χ2n) is 5.78. The molecule has 1 fully saturated rings. The average Bonchev–Trinajstić information content (AvgIpc) is 3.00. The molecule has 5 heteroatoms. The lowest BCUT2D eigenvalue weighted by atomic mass is 9.77. The Morgan fingerprint density at radius 1 is 1.38 bits per heavy atom. The lowest BCUT2D eigenvalue weighted by molar-refractivity contribution is -0.132. The molecule has 2 N–H and O–H groups in total. The van der Waals surface area contributed by atoms with Crippen LogP contribution in [0.3, 0.4) is 0 Å². The van der Waals surface area contributed by atoms with Gasteiger partial charge in [0, 0.05) is 13.1 Å². The van der Waals surface area contributed by atoms with Gasteiger partial charge in [0.25, 0.3) is 0 Å². The Hall–Kier alpha value is -1.75. The van der Waals surface area contributed by atoms with Gasteiger partial charge in [-0.1, -0.05) is 13.0 Å². The van der Waals surface area contributed by atoms with Crippen LogP contribution >= 0.6 is 0 Å². The molecular formula is C16H22N2O3. The molecule has 0 saturated carbocycles. The minimum Gasteiger partial charge on any atom is -0.454 e. The first kappa shape index (κ1) is 14.2. The Bertz CT molecular complexity index is 524. The Kier molecular flexibility index (Phi) is 4.01. The molecule has 3 rings (SSSR count). The summed E-state index contributed by atoms with van der Waals surface area (Å²) in [6.45, 7) is 4.67. The highest BCUT2D eigenvalue weighted by Crippen LogP contribution is 2.33. The second-order valence-corrected chi connectivity index (χ2v) is 5.78. The Balaban J connectivity index is 1.62. The van der Waals surface area contributed by atoms with Gasteiger partial charge < -0.3 is 20.1 Å². The van der Waals surface area contributed by atoms with E-state index >= 15 is 0 Å². The number of amides is 1. The molecule has 1 aromatic rings. The first-order valence-electron chi connectivity index (χ1n) is 7.61. The first-order chi connectivity index (χ1) is 10.2. The molecule has 2 aliphatic rings. The van der Waals surface area contributed by atoms with Gasteiger partial charge in [0.05, 0.1) is 5.41 Å². The molecule has 0 aliphatic carbocycles. The third-order valence-corrected chi connectivity index (χ3v) is 4.52. The average molecular weight is 290 g/mol. The van der Waals surface area contributed by atoms with Crippen molar-refractivity contribution in [3.63, 3.8) is 0 Å². The fourth-order valence-electron chi connectivity index (χ4n) is 3.04.